The Morgan fingerprint density at radius 2 is 2.05 bits per heavy atom. The summed E-state index contributed by atoms with van der Waals surface area (Å²) in [7, 11) is 0. The fourth-order valence-corrected chi connectivity index (χ4v) is 2.41. The van der Waals surface area contributed by atoms with Gasteiger partial charge in [-0.2, -0.15) is 0 Å². The molecular weight excluding hydrogens is 287 g/mol. The van der Waals surface area contributed by atoms with Crippen LogP contribution in [0.5, 0.6) is 0 Å². The van der Waals surface area contributed by atoms with E-state index in [2.05, 4.69) is 5.32 Å². The maximum Gasteiger partial charge on any atom is 0.328 e. The van der Waals surface area contributed by atoms with Gasteiger partial charge in [0.05, 0.1) is 15.7 Å². The van der Waals surface area contributed by atoms with Gasteiger partial charge in [-0.3, -0.25) is 4.79 Å². The average Bonchev–Trinajstić information content (AvgIpc) is 2.33. The third kappa shape index (κ3) is 3.01. The zero-order chi connectivity index (χ0) is 14.0. The summed E-state index contributed by atoms with van der Waals surface area (Å²) in [5, 5.41) is 3.52. The van der Waals surface area contributed by atoms with Crippen LogP contribution in [-0.4, -0.2) is 18.0 Å². The fraction of sp³-hybridized carbons (Fsp3) is 0.385. The number of hydrogen-bond acceptors (Lipinski definition) is 2. The highest BCUT2D eigenvalue weighted by Crippen LogP contribution is 2.29. The lowest BCUT2D eigenvalue weighted by Crippen LogP contribution is -2.54. The van der Waals surface area contributed by atoms with E-state index in [1.807, 2.05) is 6.92 Å². The number of carbonyl (C=O) groups excluding carboxylic acids is 2. The van der Waals surface area contributed by atoms with Crippen molar-refractivity contribution in [3.63, 3.8) is 0 Å². The van der Waals surface area contributed by atoms with Crippen LogP contribution >= 0.6 is 23.2 Å². The Hall–Kier alpha value is -1.26. The van der Waals surface area contributed by atoms with E-state index in [1.165, 1.54) is 6.07 Å². The molecule has 1 saturated heterocycles. The quantitative estimate of drug-likeness (QED) is 0.927. The molecule has 19 heavy (non-hydrogen) atoms. The first-order chi connectivity index (χ1) is 9.02. The lowest BCUT2D eigenvalue weighted by molar-refractivity contribution is -0.119. The van der Waals surface area contributed by atoms with Gasteiger partial charge in [-0.05, 0) is 24.6 Å². The molecule has 1 unspecified atom stereocenters. The molecule has 0 saturated carbocycles. The van der Waals surface area contributed by atoms with Crippen molar-refractivity contribution in [3.8, 4) is 0 Å². The van der Waals surface area contributed by atoms with Gasteiger partial charge in [0.2, 0.25) is 5.91 Å². The van der Waals surface area contributed by atoms with Gasteiger partial charge >= 0.3 is 6.03 Å². The fourth-order valence-electron chi connectivity index (χ4n) is 2.11. The van der Waals surface area contributed by atoms with Crippen molar-refractivity contribution in [3.05, 3.63) is 28.2 Å². The van der Waals surface area contributed by atoms with Gasteiger partial charge in [-0.1, -0.05) is 36.5 Å². The number of amides is 3. The number of imide groups is 1. The molecular formula is C13H14Cl2N2O2. The predicted molar refractivity (Wildman–Crippen MR) is 75.8 cm³/mol. The van der Waals surface area contributed by atoms with Gasteiger partial charge < -0.3 is 5.32 Å². The Kier molecular flexibility index (Phi) is 4.32. The van der Waals surface area contributed by atoms with Crippen molar-refractivity contribution >= 4 is 40.8 Å². The lowest BCUT2D eigenvalue weighted by atomic mass is 10.1. The van der Waals surface area contributed by atoms with Crippen LogP contribution in [0.15, 0.2) is 18.2 Å². The first-order valence-corrected chi connectivity index (χ1v) is 6.87. The Morgan fingerprint density at radius 3 is 2.63 bits per heavy atom. The van der Waals surface area contributed by atoms with Crippen molar-refractivity contribution in [2.75, 3.05) is 4.90 Å². The summed E-state index contributed by atoms with van der Waals surface area (Å²) in [6.45, 7) is 2.02. The molecule has 1 atom stereocenters. The van der Waals surface area contributed by atoms with Gasteiger partial charge in [0.15, 0.2) is 0 Å². The van der Waals surface area contributed by atoms with Crippen molar-refractivity contribution in [1.29, 1.82) is 0 Å². The molecule has 3 amide bonds. The molecule has 1 aromatic rings. The minimum Gasteiger partial charge on any atom is -0.334 e. The third-order valence-electron chi connectivity index (χ3n) is 3.00. The molecule has 1 N–H and O–H groups in total. The van der Waals surface area contributed by atoms with Gasteiger partial charge in [0, 0.05) is 12.5 Å². The zero-order valence-corrected chi connectivity index (χ0v) is 12.0. The largest absolute Gasteiger partial charge is 0.334 e. The van der Waals surface area contributed by atoms with Crippen LogP contribution in [0.1, 0.15) is 26.2 Å². The molecule has 0 spiro atoms. The first-order valence-electron chi connectivity index (χ1n) is 6.11. The van der Waals surface area contributed by atoms with Gasteiger partial charge in [0.25, 0.3) is 0 Å². The minimum atomic E-state index is -0.409. The molecule has 0 aliphatic carbocycles. The van der Waals surface area contributed by atoms with Gasteiger partial charge in [0.1, 0.15) is 0 Å². The molecule has 1 fully saturated rings. The van der Waals surface area contributed by atoms with Crippen LogP contribution < -0.4 is 10.2 Å². The summed E-state index contributed by atoms with van der Waals surface area (Å²) in [6, 6.07) is 4.20. The number of anilines is 1. The molecule has 4 nitrogen and oxygen atoms in total. The van der Waals surface area contributed by atoms with Crippen LogP contribution in [0.25, 0.3) is 0 Å². The predicted octanol–water partition coefficient (Wildman–Crippen LogP) is 3.61. The standard InChI is InChI=1S/C13H14Cl2N2O2/c1-2-3-8-6-12(18)17(13(19)16-8)9-4-5-10(14)11(15)7-9/h4-5,7-8H,2-3,6H2,1H3,(H,16,19). The molecule has 1 aliphatic rings. The normalized spacial score (nSPS) is 19.5. The van der Waals surface area contributed by atoms with E-state index in [4.69, 9.17) is 23.2 Å². The van der Waals surface area contributed by atoms with E-state index < -0.39 is 6.03 Å². The summed E-state index contributed by atoms with van der Waals surface area (Å²) < 4.78 is 0. The molecule has 0 bridgehead atoms. The highest BCUT2D eigenvalue weighted by Gasteiger charge is 2.32. The molecule has 0 aromatic heterocycles. The van der Waals surface area contributed by atoms with E-state index in [0.717, 1.165) is 17.7 Å². The smallest absolute Gasteiger partial charge is 0.328 e. The monoisotopic (exact) mass is 300 g/mol. The van der Waals surface area contributed by atoms with Crippen LogP contribution in [0.3, 0.4) is 0 Å². The van der Waals surface area contributed by atoms with Crippen LogP contribution in [0.2, 0.25) is 10.0 Å². The maximum atomic E-state index is 12.1. The number of halogens is 2. The number of nitrogens with zero attached hydrogens (tertiary/aromatic N) is 1. The Morgan fingerprint density at radius 1 is 1.32 bits per heavy atom. The highest BCUT2D eigenvalue weighted by molar-refractivity contribution is 6.42. The van der Waals surface area contributed by atoms with Gasteiger partial charge in [-0.15, -0.1) is 0 Å². The van der Waals surface area contributed by atoms with E-state index in [1.54, 1.807) is 12.1 Å². The van der Waals surface area contributed by atoms with Crippen LogP contribution in [-0.2, 0) is 4.79 Å². The second-order valence-electron chi connectivity index (χ2n) is 4.47. The molecule has 102 valence electrons. The zero-order valence-electron chi connectivity index (χ0n) is 10.5. The average molecular weight is 301 g/mol. The van der Waals surface area contributed by atoms with Crippen LogP contribution in [0.4, 0.5) is 10.5 Å². The summed E-state index contributed by atoms with van der Waals surface area (Å²) >= 11 is 11.7. The van der Waals surface area contributed by atoms with E-state index in [9.17, 15) is 9.59 Å². The maximum absolute atomic E-state index is 12.1. The van der Waals surface area contributed by atoms with E-state index >= 15 is 0 Å². The topological polar surface area (TPSA) is 49.4 Å². The van der Waals surface area contributed by atoms with E-state index in [0.29, 0.717) is 22.2 Å². The number of rotatable bonds is 3. The molecule has 1 heterocycles. The number of hydrogen-bond donors (Lipinski definition) is 1. The molecule has 0 radical (unpaired) electrons. The minimum absolute atomic E-state index is 0.0796. The summed E-state index contributed by atoms with van der Waals surface area (Å²) in [6.07, 6.45) is 2.03. The Balaban J connectivity index is 2.23. The number of carbonyl (C=O) groups is 2. The summed E-state index contributed by atoms with van der Waals surface area (Å²) in [4.78, 5) is 25.2. The first kappa shape index (κ1) is 14.2. The molecule has 6 heteroatoms. The number of nitrogens with one attached hydrogen (secondary N) is 1. The molecule has 2 rings (SSSR count). The number of benzene rings is 1. The van der Waals surface area contributed by atoms with E-state index in [-0.39, 0.29) is 11.9 Å². The summed E-state index contributed by atoms with van der Waals surface area (Å²) in [5.41, 5.74) is 0.437. The second kappa shape index (κ2) is 5.80. The Labute approximate surface area is 121 Å². The molecule has 1 aromatic carbocycles. The van der Waals surface area contributed by atoms with Crippen LogP contribution in [0, 0.1) is 0 Å². The lowest BCUT2D eigenvalue weighted by Gasteiger charge is -2.31. The second-order valence-corrected chi connectivity index (χ2v) is 5.28. The van der Waals surface area contributed by atoms with Crippen molar-refractivity contribution < 1.29 is 9.59 Å². The number of urea groups is 1. The SMILES string of the molecule is CCCC1CC(=O)N(c2ccc(Cl)c(Cl)c2)C(=O)N1. The van der Waals surface area contributed by atoms with Crippen molar-refractivity contribution in [2.24, 2.45) is 0 Å². The summed E-state index contributed by atoms with van der Waals surface area (Å²) in [5.74, 6) is -0.222. The molecule has 1 aliphatic heterocycles. The third-order valence-corrected chi connectivity index (χ3v) is 3.74. The highest BCUT2D eigenvalue weighted by atomic mass is 35.5. The Bertz CT molecular complexity index is 501. The van der Waals surface area contributed by atoms with Gasteiger partial charge in [-0.25, -0.2) is 9.69 Å². The van der Waals surface area contributed by atoms with Crippen molar-refractivity contribution in [2.45, 2.75) is 32.2 Å². The van der Waals surface area contributed by atoms with Crippen molar-refractivity contribution in [1.82, 2.24) is 5.32 Å².